The number of hydrogen-bond donors (Lipinski definition) is 0. The summed E-state index contributed by atoms with van der Waals surface area (Å²) in [6, 6.07) is 5.06. The highest BCUT2D eigenvalue weighted by molar-refractivity contribution is 6.30. The Hall–Kier alpha value is -2.34. The van der Waals surface area contributed by atoms with Gasteiger partial charge in [-0.1, -0.05) is 11.6 Å². The Kier molecular flexibility index (Phi) is 5.45. The first-order chi connectivity index (χ1) is 17.4. The quantitative estimate of drug-likeness (QED) is 0.484. The number of halogens is 7. The third-order valence-electron chi connectivity index (χ3n) is 8.44. The largest absolute Gasteiger partial charge is 0.406 e. The summed E-state index contributed by atoms with van der Waals surface area (Å²) in [5.74, 6) is -0.157. The van der Waals surface area contributed by atoms with Crippen LogP contribution in [0, 0.1) is 5.41 Å². The summed E-state index contributed by atoms with van der Waals surface area (Å²) in [4.78, 5) is 15.4. The van der Waals surface area contributed by atoms with Gasteiger partial charge in [0.25, 0.3) is 0 Å². The van der Waals surface area contributed by atoms with E-state index in [2.05, 4.69) is 10.2 Å². The van der Waals surface area contributed by atoms with E-state index in [0.717, 1.165) is 0 Å². The van der Waals surface area contributed by atoms with Crippen LogP contribution in [0.5, 0.6) is 0 Å². The monoisotopic (exact) mass is 547 g/mol. The van der Waals surface area contributed by atoms with Gasteiger partial charge in [-0.05, 0) is 62.3 Å². The minimum atomic E-state index is -4.56. The summed E-state index contributed by atoms with van der Waals surface area (Å²) in [6.07, 6.45) is -8.51. The molecule has 4 aliphatic rings. The van der Waals surface area contributed by atoms with E-state index in [4.69, 9.17) is 11.6 Å². The third-order valence-corrected chi connectivity index (χ3v) is 8.67. The van der Waals surface area contributed by atoms with Crippen LogP contribution in [0.15, 0.2) is 18.2 Å². The predicted octanol–water partition coefficient (Wildman–Crippen LogP) is 5.38. The Labute approximate surface area is 213 Å². The molecule has 3 heterocycles. The van der Waals surface area contributed by atoms with E-state index in [9.17, 15) is 31.1 Å². The van der Waals surface area contributed by atoms with Crippen molar-refractivity contribution in [2.75, 3.05) is 13.1 Å². The van der Waals surface area contributed by atoms with Gasteiger partial charge in [0.1, 0.15) is 16.8 Å². The molecule has 0 unspecified atom stereocenters. The van der Waals surface area contributed by atoms with Crippen molar-refractivity contribution in [3.63, 3.8) is 0 Å². The predicted molar refractivity (Wildman–Crippen MR) is 120 cm³/mol. The van der Waals surface area contributed by atoms with Crippen molar-refractivity contribution in [1.29, 1.82) is 0 Å². The molecule has 0 spiro atoms. The molecule has 0 N–H and O–H groups in total. The number of likely N-dealkylation sites (tertiary alicyclic amines) is 1. The number of aromatic nitrogens is 3. The number of nitrogens with zero attached hydrogens (tertiary/aromatic N) is 5. The molecule has 1 aromatic carbocycles. The maximum absolute atomic E-state index is 14.0. The van der Waals surface area contributed by atoms with Crippen molar-refractivity contribution in [2.24, 2.45) is 5.41 Å². The molecular weight excluding hydrogens is 524 g/mol. The van der Waals surface area contributed by atoms with Crippen LogP contribution in [-0.4, -0.2) is 61.5 Å². The standard InChI is InChI=1S/C24H24ClF6N5O/c25-16-1-2-17-15(11-16)12-35(22(7-8-22)24(29,30)31)13-18-32-33-19(36(17)18)14-3-9-34(10-4-14)20(37)21(5-6-21)23(26,27)28/h1-2,11,14H,3-10,12-13H2. The van der Waals surface area contributed by atoms with Crippen molar-refractivity contribution in [1.82, 2.24) is 24.6 Å². The minimum absolute atomic E-state index is 0.0132. The highest BCUT2D eigenvalue weighted by Gasteiger charge is 2.69. The van der Waals surface area contributed by atoms with Crippen molar-refractivity contribution in [3.05, 3.63) is 40.4 Å². The van der Waals surface area contributed by atoms with Crippen LogP contribution in [0.25, 0.3) is 5.69 Å². The molecule has 200 valence electrons. The fourth-order valence-electron chi connectivity index (χ4n) is 5.88. The molecular formula is C24H24ClF6N5O. The highest BCUT2D eigenvalue weighted by Crippen LogP contribution is 2.59. The van der Waals surface area contributed by atoms with Crippen molar-refractivity contribution >= 4 is 17.5 Å². The number of hydrogen-bond acceptors (Lipinski definition) is 4. The molecule has 13 heteroatoms. The molecule has 2 aliphatic heterocycles. The lowest BCUT2D eigenvalue weighted by Crippen LogP contribution is -2.47. The number of amides is 1. The zero-order valence-electron chi connectivity index (χ0n) is 19.7. The van der Waals surface area contributed by atoms with Gasteiger partial charge in [0.2, 0.25) is 5.91 Å². The van der Waals surface area contributed by atoms with Gasteiger partial charge in [-0.2, -0.15) is 26.3 Å². The van der Waals surface area contributed by atoms with E-state index >= 15 is 0 Å². The fraction of sp³-hybridized carbons (Fsp3) is 0.625. The molecule has 1 amide bonds. The van der Waals surface area contributed by atoms with Crippen LogP contribution in [0.2, 0.25) is 5.02 Å². The zero-order chi connectivity index (χ0) is 26.4. The van der Waals surface area contributed by atoms with Gasteiger partial charge in [-0.25, -0.2) is 0 Å². The molecule has 2 saturated carbocycles. The molecule has 0 radical (unpaired) electrons. The minimum Gasteiger partial charge on any atom is -0.342 e. The van der Waals surface area contributed by atoms with Crippen LogP contribution in [0.4, 0.5) is 26.3 Å². The summed E-state index contributed by atoms with van der Waals surface area (Å²) in [5.41, 5.74) is -2.88. The molecule has 6 nitrogen and oxygen atoms in total. The van der Waals surface area contributed by atoms with E-state index in [0.29, 0.717) is 40.8 Å². The van der Waals surface area contributed by atoms with Gasteiger partial charge in [-0.15, -0.1) is 10.2 Å². The molecule has 6 rings (SSSR count). The van der Waals surface area contributed by atoms with Crippen LogP contribution < -0.4 is 0 Å². The summed E-state index contributed by atoms with van der Waals surface area (Å²) in [5, 5.41) is 9.01. The average Bonchev–Trinajstić information content (AvgIpc) is 3.73. The summed E-state index contributed by atoms with van der Waals surface area (Å²) >= 11 is 6.21. The Bertz CT molecular complexity index is 1240. The Morgan fingerprint density at radius 2 is 1.62 bits per heavy atom. The number of alkyl halides is 6. The maximum atomic E-state index is 14.0. The first-order valence-electron chi connectivity index (χ1n) is 12.3. The number of rotatable bonds is 3. The van der Waals surface area contributed by atoms with Gasteiger partial charge in [0.15, 0.2) is 5.82 Å². The molecule has 0 bridgehead atoms. The summed E-state index contributed by atoms with van der Waals surface area (Å²) in [7, 11) is 0. The Morgan fingerprint density at radius 1 is 0.946 bits per heavy atom. The van der Waals surface area contributed by atoms with E-state index in [1.165, 1.54) is 9.80 Å². The lowest BCUT2D eigenvalue weighted by molar-refractivity contribution is -0.200. The van der Waals surface area contributed by atoms with E-state index in [-0.39, 0.29) is 57.8 Å². The first kappa shape index (κ1) is 25.0. The Balaban J connectivity index is 1.29. The number of carbonyl (C=O) groups excluding carboxylic acids is 1. The fourth-order valence-corrected chi connectivity index (χ4v) is 6.07. The van der Waals surface area contributed by atoms with Gasteiger partial charge in [0, 0.05) is 30.6 Å². The molecule has 2 aliphatic carbocycles. The van der Waals surface area contributed by atoms with Crippen LogP contribution in [-0.2, 0) is 17.9 Å². The lowest BCUT2D eigenvalue weighted by atomic mass is 9.93. The number of benzene rings is 1. The van der Waals surface area contributed by atoms with Crippen LogP contribution in [0.1, 0.15) is 61.7 Å². The smallest absolute Gasteiger partial charge is 0.342 e. The van der Waals surface area contributed by atoms with Gasteiger partial charge in [-0.3, -0.25) is 14.3 Å². The normalized spacial score (nSPS) is 23.3. The van der Waals surface area contributed by atoms with Gasteiger partial charge in [0.05, 0.1) is 12.2 Å². The van der Waals surface area contributed by atoms with Crippen LogP contribution in [0.3, 0.4) is 0 Å². The number of fused-ring (bicyclic) bond motifs is 3. The molecule has 1 aromatic heterocycles. The number of piperidine rings is 1. The van der Waals surface area contributed by atoms with Crippen molar-refractivity contribution in [2.45, 2.75) is 75.4 Å². The van der Waals surface area contributed by atoms with E-state index in [1.54, 1.807) is 22.8 Å². The molecule has 1 saturated heterocycles. The lowest BCUT2D eigenvalue weighted by Gasteiger charge is -2.34. The van der Waals surface area contributed by atoms with Crippen molar-refractivity contribution in [3.8, 4) is 5.69 Å². The first-order valence-corrected chi connectivity index (χ1v) is 12.6. The number of carbonyl (C=O) groups is 1. The maximum Gasteiger partial charge on any atom is 0.406 e. The van der Waals surface area contributed by atoms with E-state index < -0.39 is 29.2 Å². The second-order valence-electron chi connectivity index (χ2n) is 10.6. The average molecular weight is 548 g/mol. The molecule has 37 heavy (non-hydrogen) atoms. The SMILES string of the molecule is O=C(N1CCC(c2nnc3n2-c2ccc(Cl)cc2CN(C2(C(F)(F)F)CC2)C3)CC1)C1(C(F)(F)F)CC1. The molecule has 3 fully saturated rings. The van der Waals surface area contributed by atoms with Crippen molar-refractivity contribution < 1.29 is 31.1 Å². The second-order valence-corrected chi connectivity index (χ2v) is 11.1. The second kappa shape index (κ2) is 8.08. The molecule has 0 atom stereocenters. The highest BCUT2D eigenvalue weighted by atomic mass is 35.5. The zero-order valence-corrected chi connectivity index (χ0v) is 20.4. The van der Waals surface area contributed by atoms with Crippen LogP contribution >= 0.6 is 11.6 Å². The molecule has 2 aromatic rings. The van der Waals surface area contributed by atoms with Gasteiger partial charge < -0.3 is 4.90 Å². The van der Waals surface area contributed by atoms with Gasteiger partial charge >= 0.3 is 12.4 Å². The Morgan fingerprint density at radius 3 is 2.19 bits per heavy atom. The van der Waals surface area contributed by atoms with E-state index in [1.807, 2.05) is 0 Å². The topological polar surface area (TPSA) is 54.3 Å². The third kappa shape index (κ3) is 3.85. The summed E-state index contributed by atoms with van der Waals surface area (Å²) in [6.45, 7) is 0.301. The summed E-state index contributed by atoms with van der Waals surface area (Å²) < 4.78 is 84.1.